The van der Waals surface area contributed by atoms with E-state index in [1.54, 1.807) is 7.11 Å². The third-order valence-electron chi connectivity index (χ3n) is 4.42. The van der Waals surface area contributed by atoms with Crippen LogP contribution in [0.3, 0.4) is 0 Å². The molecule has 0 amide bonds. The van der Waals surface area contributed by atoms with Crippen molar-refractivity contribution in [3.63, 3.8) is 0 Å². The van der Waals surface area contributed by atoms with Crippen molar-refractivity contribution in [2.75, 3.05) is 44.2 Å². The number of hydrogen-bond donors (Lipinski definition) is 1. The smallest absolute Gasteiger partial charge is 0.189 e. The Balaban J connectivity index is 1.80. The van der Waals surface area contributed by atoms with Crippen LogP contribution in [0.25, 0.3) is 0 Å². The van der Waals surface area contributed by atoms with Crippen LogP contribution < -0.4 is 15.4 Å². The third-order valence-corrected chi connectivity index (χ3v) is 6.12. The van der Waals surface area contributed by atoms with E-state index in [1.165, 1.54) is 0 Å². The molecule has 6 heteroatoms. The fraction of sp³-hybridized carbons (Fsp3) is 0.667. The van der Waals surface area contributed by atoms with Gasteiger partial charge in [-0.1, -0.05) is 19.6 Å². The van der Waals surface area contributed by atoms with Crippen LogP contribution in [-0.4, -0.2) is 47.8 Å². The van der Waals surface area contributed by atoms with Gasteiger partial charge in [-0.3, -0.25) is 0 Å². The first-order valence-corrected chi connectivity index (χ1v) is 12.5. The van der Waals surface area contributed by atoms with Crippen LogP contribution in [0, 0.1) is 0 Å². The van der Waals surface area contributed by atoms with E-state index < -0.39 is 8.07 Å². The molecule has 5 nitrogen and oxygen atoms in total. The molecule has 1 aromatic rings. The molecule has 0 aromatic heterocycles. The van der Waals surface area contributed by atoms with E-state index in [2.05, 4.69) is 24.5 Å². The molecule has 1 aliphatic rings. The molecule has 1 saturated heterocycles. The van der Waals surface area contributed by atoms with Crippen molar-refractivity contribution in [2.24, 2.45) is 0 Å². The lowest BCUT2D eigenvalue weighted by Crippen LogP contribution is -2.36. The van der Waals surface area contributed by atoms with Gasteiger partial charge in [0.25, 0.3) is 0 Å². The van der Waals surface area contributed by atoms with Gasteiger partial charge >= 0.3 is 0 Å². The van der Waals surface area contributed by atoms with Gasteiger partial charge in [0.05, 0.1) is 17.5 Å². The number of ether oxygens (including phenoxy) is 3. The number of benzene rings is 1. The van der Waals surface area contributed by atoms with Crippen molar-refractivity contribution < 1.29 is 14.2 Å². The van der Waals surface area contributed by atoms with Crippen LogP contribution in [-0.2, 0) is 9.47 Å². The maximum Gasteiger partial charge on any atom is 0.189 e. The van der Waals surface area contributed by atoms with E-state index in [9.17, 15) is 0 Å². The zero-order valence-electron chi connectivity index (χ0n) is 15.5. The highest BCUT2D eigenvalue weighted by Crippen LogP contribution is 2.30. The zero-order valence-corrected chi connectivity index (χ0v) is 16.5. The van der Waals surface area contributed by atoms with Crippen molar-refractivity contribution in [1.29, 1.82) is 0 Å². The average Bonchev–Trinajstić information content (AvgIpc) is 2.54. The summed E-state index contributed by atoms with van der Waals surface area (Å²) in [6, 6.07) is 7.05. The Bertz CT molecular complexity index is 511. The number of nitrogen functional groups attached to an aromatic ring is 1. The normalized spacial score (nSPS) is 16.4. The molecule has 2 rings (SSSR count). The molecule has 0 atom stereocenters. The second-order valence-corrected chi connectivity index (χ2v) is 13.2. The lowest BCUT2D eigenvalue weighted by atomic mass is 10.1. The Morgan fingerprint density at radius 2 is 1.92 bits per heavy atom. The number of hydrogen-bond acceptors (Lipinski definition) is 5. The first kappa shape index (κ1) is 19.1. The minimum Gasteiger partial charge on any atom is -0.467 e. The van der Waals surface area contributed by atoms with E-state index in [1.807, 2.05) is 18.2 Å². The lowest BCUT2D eigenvalue weighted by Gasteiger charge is -2.33. The van der Waals surface area contributed by atoms with E-state index in [0.717, 1.165) is 55.7 Å². The number of methoxy groups -OCH3 is 1. The van der Waals surface area contributed by atoms with Gasteiger partial charge in [-0.05, 0) is 31.0 Å². The molecule has 2 N–H and O–H groups in total. The van der Waals surface area contributed by atoms with Gasteiger partial charge in [0.1, 0.15) is 5.75 Å². The molecular formula is C18H32N2O3Si. The first-order valence-electron chi connectivity index (χ1n) is 8.77. The number of nitrogens with zero attached hydrogens (tertiary/aromatic N) is 1. The van der Waals surface area contributed by atoms with Crippen LogP contribution in [0.4, 0.5) is 11.4 Å². The van der Waals surface area contributed by atoms with Crippen molar-refractivity contribution in [1.82, 2.24) is 0 Å². The Morgan fingerprint density at radius 1 is 1.21 bits per heavy atom. The Labute approximate surface area is 147 Å². The lowest BCUT2D eigenvalue weighted by molar-refractivity contribution is 0.0221. The minimum absolute atomic E-state index is 0.280. The average molecular weight is 353 g/mol. The molecule has 136 valence electrons. The van der Waals surface area contributed by atoms with Crippen molar-refractivity contribution in [2.45, 2.75) is 44.6 Å². The van der Waals surface area contributed by atoms with E-state index in [-0.39, 0.29) is 6.79 Å². The maximum atomic E-state index is 6.22. The predicted molar refractivity (Wildman–Crippen MR) is 103 cm³/mol. The van der Waals surface area contributed by atoms with Crippen molar-refractivity contribution in [3.8, 4) is 5.75 Å². The maximum absolute atomic E-state index is 6.22. The first-order chi connectivity index (χ1) is 11.4. The Kier molecular flexibility index (Phi) is 6.95. The highest BCUT2D eigenvalue weighted by Gasteiger charge is 2.20. The van der Waals surface area contributed by atoms with E-state index >= 15 is 0 Å². The highest BCUT2D eigenvalue weighted by atomic mass is 28.3. The second-order valence-electron chi connectivity index (χ2n) is 7.62. The second kappa shape index (κ2) is 8.74. The fourth-order valence-corrected chi connectivity index (χ4v) is 3.55. The van der Waals surface area contributed by atoms with Gasteiger partial charge < -0.3 is 24.8 Å². The quantitative estimate of drug-likeness (QED) is 0.335. The minimum atomic E-state index is -1.04. The predicted octanol–water partition coefficient (Wildman–Crippen LogP) is 3.58. The Hall–Kier alpha value is -1.24. The number of piperidine rings is 1. The molecule has 0 spiro atoms. The summed E-state index contributed by atoms with van der Waals surface area (Å²) in [6.07, 6.45) is 2.46. The summed E-state index contributed by atoms with van der Waals surface area (Å²) in [7, 11) is 0.739. The summed E-state index contributed by atoms with van der Waals surface area (Å²) in [6.45, 7) is 10.0. The number of anilines is 2. The van der Waals surface area contributed by atoms with Gasteiger partial charge in [0.15, 0.2) is 6.79 Å². The van der Waals surface area contributed by atoms with E-state index in [0.29, 0.717) is 6.10 Å². The molecule has 0 bridgehead atoms. The topological polar surface area (TPSA) is 57.0 Å². The van der Waals surface area contributed by atoms with Gasteiger partial charge in [0.2, 0.25) is 0 Å². The Morgan fingerprint density at radius 3 is 2.50 bits per heavy atom. The molecule has 1 fully saturated rings. The highest BCUT2D eigenvalue weighted by molar-refractivity contribution is 6.76. The summed E-state index contributed by atoms with van der Waals surface area (Å²) in [5.74, 6) is 0.760. The van der Waals surface area contributed by atoms with Crippen LogP contribution >= 0.6 is 0 Å². The van der Waals surface area contributed by atoms with Crippen LogP contribution in [0.2, 0.25) is 25.7 Å². The van der Waals surface area contributed by atoms with E-state index in [4.69, 9.17) is 19.9 Å². The van der Waals surface area contributed by atoms with Crippen molar-refractivity contribution in [3.05, 3.63) is 18.2 Å². The SMILES string of the molecule is COC1CCN(c2ccc(OCOCC[Si](C)(C)C)cc2N)CC1. The van der Waals surface area contributed by atoms with Crippen LogP contribution in [0.1, 0.15) is 12.8 Å². The van der Waals surface area contributed by atoms with Gasteiger partial charge in [-0.15, -0.1) is 0 Å². The summed E-state index contributed by atoms with van der Waals surface area (Å²) in [5.41, 5.74) is 8.05. The van der Waals surface area contributed by atoms with Crippen LogP contribution in [0.15, 0.2) is 18.2 Å². The third kappa shape index (κ3) is 6.00. The van der Waals surface area contributed by atoms with Gasteiger partial charge in [-0.2, -0.15) is 0 Å². The molecule has 0 unspecified atom stereocenters. The fourth-order valence-electron chi connectivity index (χ4n) is 2.79. The summed E-state index contributed by atoms with van der Waals surface area (Å²) >= 11 is 0. The van der Waals surface area contributed by atoms with Crippen molar-refractivity contribution >= 4 is 19.4 Å². The van der Waals surface area contributed by atoms with Gasteiger partial charge in [0, 0.05) is 40.9 Å². The molecule has 0 radical (unpaired) electrons. The zero-order chi connectivity index (χ0) is 17.6. The molecule has 1 aliphatic heterocycles. The standard InChI is InChI=1S/C18H32N2O3Si/c1-21-15-7-9-20(10-8-15)18-6-5-16(13-17(18)19)23-14-22-11-12-24(2,3)4/h5-6,13,15H,7-12,14,19H2,1-4H3. The summed E-state index contributed by atoms with van der Waals surface area (Å²) in [4.78, 5) is 2.32. The molecule has 1 heterocycles. The molecule has 1 aromatic carbocycles. The molecule has 24 heavy (non-hydrogen) atoms. The summed E-state index contributed by atoms with van der Waals surface area (Å²) < 4.78 is 16.6. The van der Waals surface area contributed by atoms with Crippen LogP contribution in [0.5, 0.6) is 5.75 Å². The summed E-state index contributed by atoms with van der Waals surface area (Å²) in [5, 5.41) is 0. The molecule has 0 aliphatic carbocycles. The van der Waals surface area contributed by atoms with Gasteiger partial charge in [-0.25, -0.2) is 0 Å². The monoisotopic (exact) mass is 352 g/mol. The largest absolute Gasteiger partial charge is 0.467 e. The number of rotatable bonds is 8. The molecule has 0 saturated carbocycles. The number of nitrogens with two attached hydrogens (primary N) is 1. The molecular weight excluding hydrogens is 320 g/mol.